The SMILES string of the molecule is CCC(CO)Nc1nc(SCc2cccc(F)c2F)nc2[nH]c(=O)cnc12. The Morgan fingerprint density at radius 3 is 2.89 bits per heavy atom. The smallest absolute Gasteiger partial charge is 0.268 e. The highest BCUT2D eigenvalue weighted by molar-refractivity contribution is 7.98. The first kappa shape index (κ1) is 19.2. The lowest BCUT2D eigenvalue weighted by Gasteiger charge is -2.16. The third-order valence-electron chi connectivity index (χ3n) is 3.86. The summed E-state index contributed by atoms with van der Waals surface area (Å²) in [5.74, 6) is -1.38. The molecule has 0 aliphatic rings. The quantitative estimate of drug-likeness (QED) is 0.418. The van der Waals surface area contributed by atoms with Gasteiger partial charge in [0.25, 0.3) is 5.56 Å². The molecule has 3 rings (SSSR count). The van der Waals surface area contributed by atoms with Crippen molar-refractivity contribution in [3.05, 3.63) is 51.9 Å². The number of benzene rings is 1. The number of hydrogen-bond acceptors (Lipinski definition) is 7. The summed E-state index contributed by atoms with van der Waals surface area (Å²) >= 11 is 1.09. The van der Waals surface area contributed by atoms with Gasteiger partial charge < -0.3 is 15.4 Å². The number of aliphatic hydroxyl groups is 1. The lowest BCUT2D eigenvalue weighted by Crippen LogP contribution is -2.24. The van der Waals surface area contributed by atoms with Crippen LogP contribution in [-0.4, -0.2) is 37.7 Å². The zero-order valence-corrected chi connectivity index (χ0v) is 15.2. The molecule has 1 atom stereocenters. The van der Waals surface area contributed by atoms with Crippen LogP contribution in [0.5, 0.6) is 0 Å². The lowest BCUT2D eigenvalue weighted by molar-refractivity contribution is 0.271. The second kappa shape index (κ2) is 8.40. The number of halogens is 2. The van der Waals surface area contributed by atoms with Gasteiger partial charge in [0.2, 0.25) is 0 Å². The van der Waals surface area contributed by atoms with Crippen LogP contribution in [0.25, 0.3) is 11.2 Å². The van der Waals surface area contributed by atoms with Gasteiger partial charge in [0.1, 0.15) is 5.52 Å². The summed E-state index contributed by atoms with van der Waals surface area (Å²) in [5.41, 5.74) is 0.325. The average Bonchev–Trinajstić information content (AvgIpc) is 2.66. The number of aromatic nitrogens is 4. The molecule has 0 saturated carbocycles. The highest BCUT2D eigenvalue weighted by atomic mass is 32.2. The molecule has 3 N–H and O–H groups in total. The van der Waals surface area contributed by atoms with Crippen molar-refractivity contribution in [2.45, 2.75) is 30.3 Å². The molecule has 0 saturated heterocycles. The standard InChI is InChI=1S/C17H17F2N5O2S/c1-2-10(7-25)21-15-14-16(22-12(26)6-20-14)24-17(23-15)27-8-9-4-3-5-11(18)13(9)19/h3-6,10,25H,2,7-8H2,1H3,(H2,21,22,23,24,26). The first-order valence-corrected chi connectivity index (χ1v) is 9.20. The average molecular weight is 393 g/mol. The van der Waals surface area contributed by atoms with E-state index in [9.17, 15) is 18.7 Å². The Bertz CT molecular complexity index is 1010. The Labute approximate surface area is 157 Å². The summed E-state index contributed by atoms with van der Waals surface area (Å²) in [6, 6.07) is 3.70. The molecule has 3 aromatic rings. The molecule has 7 nitrogen and oxygen atoms in total. The molecule has 142 valence electrons. The number of thioether (sulfide) groups is 1. The van der Waals surface area contributed by atoms with E-state index in [0.29, 0.717) is 17.8 Å². The van der Waals surface area contributed by atoms with E-state index in [4.69, 9.17) is 0 Å². The van der Waals surface area contributed by atoms with Crippen LogP contribution in [0.3, 0.4) is 0 Å². The van der Waals surface area contributed by atoms with Crippen LogP contribution in [0.2, 0.25) is 0 Å². The summed E-state index contributed by atoms with van der Waals surface area (Å²) in [6.07, 6.45) is 1.76. The Balaban J connectivity index is 1.95. The third-order valence-corrected chi connectivity index (χ3v) is 4.75. The van der Waals surface area contributed by atoms with E-state index in [1.165, 1.54) is 12.1 Å². The van der Waals surface area contributed by atoms with Crippen molar-refractivity contribution in [3.63, 3.8) is 0 Å². The molecule has 0 amide bonds. The van der Waals surface area contributed by atoms with Crippen LogP contribution in [-0.2, 0) is 5.75 Å². The predicted molar refractivity (Wildman–Crippen MR) is 98.7 cm³/mol. The molecule has 10 heteroatoms. The number of aromatic amines is 1. The molecule has 0 spiro atoms. The number of aliphatic hydroxyl groups excluding tert-OH is 1. The van der Waals surface area contributed by atoms with Gasteiger partial charge in [-0.2, -0.15) is 0 Å². The second-order valence-electron chi connectivity index (χ2n) is 5.73. The van der Waals surface area contributed by atoms with Gasteiger partial charge in [-0.3, -0.25) is 4.79 Å². The molecule has 0 aliphatic carbocycles. The number of hydrogen-bond donors (Lipinski definition) is 3. The first-order chi connectivity index (χ1) is 13.0. The lowest BCUT2D eigenvalue weighted by atomic mass is 10.2. The summed E-state index contributed by atoms with van der Waals surface area (Å²) in [4.78, 5) is 26.8. The van der Waals surface area contributed by atoms with Crippen molar-refractivity contribution in [2.24, 2.45) is 0 Å². The van der Waals surface area contributed by atoms with Crippen LogP contribution in [0.4, 0.5) is 14.6 Å². The second-order valence-corrected chi connectivity index (χ2v) is 6.68. The molecule has 1 unspecified atom stereocenters. The zero-order chi connectivity index (χ0) is 19.4. The molecule has 0 aliphatic heterocycles. The van der Waals surface area contributed by atoms with Gasteiger partial charge in [0.05, 0.1) is 18.8 Å². The van der Waals surface area contributed by atoms with Crippen LogP contribution in [0.15, 0.2) is 34.3 Å². The minimum absolute atomic E-state index is 0.107. The Hall–Kier alpha value is -2.59. The summed E-state index contributed by atoms with van der Waals surface area (Å²) < 4.78 is 27.2. The van der Waals surface area contributed by atoms with Crippen LogP contribution in [0.1, 0.15) is 18.9 Å². The maximum Gasteiger partial charge on any atom is 0.268 e. The number of anilines is 1. The van der Waals surface area contributed by atoms with E-state index in [-0.39, 0.29) is 34.8 Å². The van der Waals surface area contributed by atoms with Crippen LogP contribution in [0, 0.1) is 11.6 Å². The van der Waals surface area contributed by atoms with Crippen molar-refractivity contribution in [1.82, 2.24) is 19.9 Å². The molecule has 0 bridgehead atoms. The minimum Gasteiger partial charge on any atom is -0.394 e. The minimum atomic E-state index is -0.919. The van der Waals surface area contributed by atoms with Crippen molar-refractivity contribution >= 4 is 28.7 Å². The molecule has 27 heavy (non-hydrogen) atoms. The molecule has 0 radical (unpaired) electrons. The fourth-order valence-corrected chi connectivity index (χ4v) is 3.17. The van der Waals surface area contributed by atoms with Gasteiger partial charge in [-0.25, -0.2) is 23.7 Å². The Morgan fingerprint density at radius 2 is 2.15 bits per heavy atom. The van der Waals surface area contributed by atoms with Crippen molar-refractivity contribution in [3.8, 4) is 0 Å². The van der Waals surface area contributed by atoms with Gasteiger partial charge in [-0.15, -0.1) is 0 Å². The summed E-state index contributed by atoms with van der Waals surface area (Å²) in [7, 11) is 0. The number of H-pyrrole nitrogens is 1. The molecular weight excluding hydrogens is 376 g/mol. The maximum atomic E-state index is 13.8. The molecule has 1 aromatic carbocycles. The van der Waals surface area contributed by atoms with E-state index in [1.807, 2.05) is 6.92 Å². The highest BCUT2D eigenvalue weighted by Crippen LogP contribution is 2.26. The monoisotopic (exact) mass is 393 g/mol. The Morgan fingerprint density at radius 1 is 1.33 bits per heavy atom. The van der Waals surface area contributed by atoms with E-state index in [1.54, 1.807) is 0 Å². The van der Waals surface area contributed by atoms with E-state index < -0.39 is 17.2 Å². The normalized spacial score (nSPS) is 12.3. The maximum absolute atomic E-state index is 13.8. The van der Waals surface area contributed by atoms with Crippen LogP contribution >= 0.6 is 11.8 Å². The number of nitrogens with one attached hydrogen (secondary N) is 2. The van der Waals surface area contributed by atoms with E-state index in [0.717, 1.165) is 24.0 Å². The topological polar surface area (TPSA) is 104 Å². The van der Waals surface area contributed by atoms with Crippen molar-refractivity contribution in [2.75, 3.05) is 11.9 Å². The summed E-state index contributed by atoms with van der Waals surface area (Å²) in [5, 5.41) is 12.7. The van der Waals surface area contributed by atoms with Crippen molar-refractivity contribution < 1.29 is 13.9 Å². The summed E-state index contributed by atoms with van der Waals surface area (Å²) in [6.45, 7) is 1.79. The van der Waals surface area contributed by atoms with Crippen LogP contribution < -0.4 is 10.9 Å². The predicted octanol–water partition coefficient (Wildman–Crippen LogP) is 2.47. The van der Waals surface area contributed by atoms with Gasteiger partial charge >= 0.3 is 0 Å². The molecule has 0 fully saturated rings. The Kier molecular flexibility index (Phi) is 5.97. The largest absolute Gasteiger partial charge is 0.394 e. The van der Waals surface area contributed by atoms with Gasteiger partial charge in [0.15, 0.2) is 28.3 Å². The van der Waals surface area contributed by atoms with E-state index >= 15 is 0 Å². The highest BCUT2D eigenvalue weighted by Gasteiger charge is 2.15. The third kappa shape index (κ3) is 4.40. The van der Waals surface area contributed by atoms with Gasteiger partial charge in [0, 0.05) is 11.3 Å². The fraction of sp³-hybridized carbons (Fsp3) is 0.294. The number of fused-ring (bicyclic) bond motifs is 1. The van der Waals surface area contributed by atoms with Crippen molar-refractivity contribution in [1.29, 1.82) is 0 Å². The fourth-order valence-electron chi connectivity index (χ4n) is 2.35. The molecule has 2 heterocycles. The number of nitrogens with zero attached hydrogens (tertiary/aromatic N) is 3. The van der Waals surface area contributed by atoms with E-state index in [2.05, 4.69) is 25.3 Å². The zero-order valence-electron chi connectivity index (χ0n) is 14.4. The number of rotatable bonds is 7. The first-order valence-electron chi connectivity index (χ1n) is 8.22. The molecule has 2 aromatic heterocycles. The van der Waals surface area contributed by atoms with Gasteiger partial charge in [-0.05, 0) is 12.5 Å². The molecular formula is C17H17F2N5O2S. The van der Waals surface area contributed by atoms with Gasteiger partial charge in [-0.1, -0.05) is 30.8 Å².